The smallest absolute Gasteiger partial charge is 0.125 e. The normalized spacial score (nSPS) is 19.4. The number of hydrogen-bond donors (Lipinski definition) is 1. The monoisotopic (exact) mass is 222 g/mol. The molecule has 3 heteroatoms. The Kier molecular flexibility index (Phi) is 3.44. The van der Waals surface area contributed by atoms with Gasteiger partial charge in [0.25, 0.3) is 0 Å². The highest BCUT2D eigenvalue weighted by molar-refractivity contribution is 5.54. The minimum atomic E-state index is -0.161. The molecule has 1 atom stereocenters. The van der Waals surface area contributed by atoms with Gasteiger partial charge in [0.15, 0.2) is 0 Å². The molecule has 2 nitrogen and oxygen atoms in total. The SMILES string of the molecule is CCN(CC)C1CCNc2cc(F)ccc21. The zero-order valence-corrected chi connectivity index (χ0v) is 9.96. The van der Waals surface area contributed by atoms with Gasteiger partial charge >= 0.3 is 0 Å². The minimum absolute atomic E-state index is 0.161. The van der Waals surface area contributed by atoms with Gasteiger partial charge in [0, 0.05) is 18.3 Å². The van der Waals surface area contributed by atoms with E-state index >= 15 is 0 Å². The highest BCUT2D eigenvalue weighted by atomic mass is 19.1. The lowest BCUT2D eigenvalue weighted by molar-refractivity contribution is 0.208. The summed E-state index contributed by atoms with van der Waals surface area (Å²) < 4.78 is 13.1. The van der Waals surface area contributed by atoms with Crippen molar-refractivity contribution in [2.45, 2.75) is 26.3 Å². The first kappa shape index (κ1) is 11.4. The second kappa shape index (κ2) is 4.83. The zero-order chi connectivity index (χ0) is 11.5. The third kappa shape index (κ3) is 2.05. The summed E-state index contributed by atoms with van der Waals surface area (Å²) in [6.07, 6.45) is 1.10. The average Bonchev–Trinajstić information content (AvgIpc) is 2.30. The van der Waals surface area contributed by atoms with E-state index in [2.05, 4.69) is 24.1 Å². The number of hydrogen-bond acceptors (Lipinski definition) is 2. The maximum atomic E-state index is 13.1. The molecule has 0 spiro atoms. The summed E-state index contributed by atoms with van der Waals surface area (Å²) in [5.41, 5.74) is 2.19. The molecular formula is C13H19FN2. The van der Waals surface area contributed by atoms with Gasteiger partial charge in [-0.1, -0.05) is 19.9 Å². The number of nitrogens with one attached hydrogen (secondary N) is 1. The molecule has 1 aliphatic rings. The maximum absolute atomic E-state index is 13.1. The van der Waals surface area contributed by atoms with Gasteiger partial charge in [-0.25, -0.2) is 4.39 Å². The van der Waals surface area contributed by atoms with Gasteiger partial charge in [-0.2, -0.15) is 0 Å². The largest absolute Gasteiger partial charge is 0.385 e. The van der Waals surface area contributed by atoms with E-state index in [1.807, 2.05) is 6.07 Å². The van der Waals surface area contributed by atoms with Crippen molar-refractivity contribution in [2.75, 3.05) is 25.0 Å². The Labute approximate surface area is 96.5 Å². The first-order chi connectivity index (χ1) is 7.76. The Morgan fingerprint density at radius 2 is 2.12 bits per heavy atom. The van der Waals surface area contributed by atoms with Crippen LogP contribution in [0.5, 0.6) is 0 Å². The molecule has 1 aromatic rings. The van der Waals surface area contributed by atoms with Crippen LogP contribution in [0.2, 0.25) is 0 Å². The van der Waals surface area contributed by atoms with Gasteiger partial charge in [-0.3, -0.25) is 4.90 Å². The van der Waals surface area contributed by atoms with E-state index in [0.29, 0.717) is 6.04 Å². The average molecular weight is 222 g/mol. The van der Waals surface area contributed by atoms with Crippen molar-refractivity contribution < 1.29 is 4.39 Å². The number of fused-ring (bicyclic) bond motifs is 1. The molecule has 16 heavy (non-hydrogen) atoms. The molecule has 2 rings (SSSR count). The summed E-state index contributed by atoms with van der Waals surface area (Å²) in [5, 5.41) is 3.27. The van der Waals surface area contributed by atoms with Crippen LogP contribution in [0.4, 0.5) is 10.1 Å². The summed E-state index contributed by atoms with van der Waals surface area (Å²) in [7, 11) is 0. The number of benzene rings is 1. The first-order valence-electron chi connectivity index (χ1n) is 6.03. The van der Waals surface area contributed by atoms with E-state index < -0.39 is 0 Å². The lowest BCUT2D eigenvalue weighted by Crippen LogP contribution is -2.33. The number of rotatable bonds is 3. The standard InChI is InChI=1S/C13H19FN2/c1-3-16(4-2)13-7-8-15-12-9-10(14)5-6-11(12)13/h5-6,9,13,15H,3-4,7-8H2,1-2H3. The molecule has 0 radical (unpaired) electrons. The van der Waals surface area contributed by atoms with Crippen LogP contribution in [0.15, 0.2) is 18.2 Å². The van der Waals surface area contributed by atoms with Crippen molar-refractivity contribution in [3.8, 4) is 0 Å². The summed E-state index contributed by atoms with van der Waals surface area (Å²) >= 11 is 0. The van der Waals surface area contributed by atoms with Crippen LogP contribution < -0.4 is 5.32 Å². The molecule has 88 valence electrons. The Bertz CT molecular complexity index is 361. The van der Waals surface area contributed by atoms with Crippen LogP contribution in [0.1, 0.15) is 31.9 Å². The fraction of sp³-hybridized carbons (Fsp3) is 0.538. The molecule has 0 aliphatic carbocycles. The fourth-order valence-corrected chi connectivity index (χ4v) is 2.51. The Morgan fingerprint density at radius 3 is 2.81 bits per heavy atom. The van der Waals surface area contributed by atoms with Crippen LogP contribution >= 0.6 is 0 Å². The molecule has 0 amide bonds. The molecule has 1 heterocycles. The van der Waals surface area contributed by atoms with Crippen molar-refractivity contribution >= 4 is 5.69 Å². The Morgan fingerprint density at radius 1 is 1.38 bits per heavy atom. The van der Waals surface area contributed by atoms with E-state index in [-0.39, 0.29) is 5.82 Å². The fourth-order valence-electron chi connectivity index (χ4n) is 2.51. The molecule has 1 aliphatic heterocycles. The molecule has 0 aromatic heterocycles. The van der Waals surface area contributed by atoms with Crippen LogP contribution in [0.3, 0.4) is 0 Å². The molecule has 1 aromatic carbocycles. The highest BCUT2D eigenvalue weighted by Crippen LogP contribution is 2.34. The quantitative estimate of drug-likeness (QED) is 0.845. The summed E-state index contributed by atoms with van der Waals surface area (Å²) in [4.78, 5) is 2.43. The summed E-state index contributed by atoms with van der Waals surface area (Å²) in [5.74, 6) is -0.161. The highest BCUT2D eigenvalue weighted by Gasteiger charge is 2.24. The van der Waals surface area contributed by atoms with Crippen LogP contribution in [-0.2, 0) is 0 Å². The molecule has 0 saturated heterocycles. The number of anilines is 1. The van der Waals surface area contributed by atoms with Crippen LogP contribution in [-0.4, -0.2) is 24.5 Å². The minimum Gasteiger partial charge on any atom is -0.385 e. The maximum Gasteiger partial charge on any atom is 0.125 e. The lowest BCUT2D eigenvalue weighted by Gasteiger charge is -2.35. The summed E-state index contributed by atoms with van der Waals surface area (Å²) in [6, 6.07) is 5.51. The van der Waals surface area contributed by atoms with Crippen LogP contribution in [0, 0.1) is 5.82 Å². The van der Waals surface area contributed by atoms with E-state index in [1.54, 1.807) is 12.1 Å². The second-order valence-electron chi connectivity index (χ2n) is 4.18. The van der Waals surface area contributed by atoms with Crippen molar-refractivity contribution in [1.82, 2.24) is 4.90 Å². The van der Waals surface area contributed by atoms with Crippen molar-refractivity contribution in [3.63, 3.8) is 0 Å². The molecule has 0 bridgehead atoms. The Hall–Kier alpha value is -1.09. The van der Waals surface area contributed by atoms with Gasteiger partial charge in [0.1, 0.15) is 5.82 Å². The van der Waals surface area contributed by atoms with E-state index in [0.717, 1.165) is 31.7 Å². The zero-order valence-electron chi connectivity index (χ0n) is 9.96. The lowest BCUT2D eigenvalue weighted by atomic mass is 9.96. The van der Waals surface area contributed by atoms with Crippen molar-refractivity contribution in [3.05, 3.63) is 29.6 Å². The third-order valence-corrected chi connectivity index (χ3v) is 3.36. The second-order valence-corrected chi connectivity index (χ2v) is 4.18. The van der Waals surface area contributed by atoms with Gasteiger partial charge in [-0.15, -0.1) is 0 Å². The predicted molar refractivity (Wildman–Crippen MR) is 65.2 cm³/mol. The van der Waals surface area contributed by atoms with Gasteiger partial charge in [-0.05, 0) is 37.2 Å². The topological polar surface area (TPSA) is 15.3 Å². The van der Waals surface area contributed by atoms with Crippen LogP contribution in [0.25, 0.3) is 0 Å². The van der Waals surface area contributed by atoms with E-state index in [9.17, 15) is 4.39 Å². The molecule has 0 saturated carbocycles. The molecule has 1 unspecified atom stereocenters. The number of halogens is 1. The van der Waals surface area contributed by atoms with E-state index in [4.69, 9.17) is 0 Å². The summed E-state index contributed by atoms with van der Waals surface area (Å²) in [6.45, 7) is 7.36. The predicted octanol–water partition coefficient (Wildman–Crippen LogP) is 3.02. The Balaban J connectivity index is 2.32. The van der Waals surface area contributed by atoms with Gasteiger partial charge in [0.2, 0.25) is 0 Å². The first-order valence-corrected chi connectivity index (χ1v) is 6.03. The number of nitrogens with zero attached hydrogens (tertiary/aromatic N) is 1. The van der Waals surface area contributed by atoms with E-state index in [1.165, 1.54) is 5.56 Å². The van der Waals surface area contributed by atoms with Crippen molar-refractivity contribution in [2.24, 2.45) is 0 Å². The van der Waals surface area contributed by atoms with Gasteiger partial charge in [0.05, 0.1) is 0 Å². The molecule has 0 fully saturated rings. The third-order valence-electron chi connectivity index (χ3n) is 3.36. The molecular weight excluding hydrogens is 203 g/mol. The molecule has 1 N–H and O–H groups in total. The van der Waals surface area contributed by atoms with Gasteiger partial charge < -0.3 is 5.32 Å². The van der Waals surface area contributed by atoms with Crippen molar-refractivity contribution in [1.29, 1.82) is 0 Å².